The molecule has 0 radical (unpaired) electrons. The predicted octanol–water partition coefficient (Wildman–Crippen LogP) is 2.18. The Morgan fingerprint density at radius 2 is 2.15 bits per heavy atom. The third-order valence-corrected chi connectivity index (χ3v) is 3.61. The van der Waals surface area contributed by atoms with Gasteiger partial charge in [0.2, 0.25) is 0 Å². The summed E-state index contributed by atoms with van der Waals surface area (Å²) in [6, 6.07) is 6.80. The number of aromatic nitrogens is 2. The highest BCUT2D eigenvalue weighted by molar-refractivity contribution is 5.30. The van der Waals surface area contributed by atoms with Crippen molar-refractivity contribution in [2.45, 2.75) is 32.7 Å². The SMILES string of the molecule is CCc1cc(CC(NN)c2ccc(F)cc2C)n(C)n1. The summed E-state index contributed by atoms with van der Waals surface area (Å²) < 4.78 is 15.1. The van der Waals surface area contributed by atoms with E-state index in [-0.39, 0.29) is 11.9 Å². The molecule has 0 spiro atoms. The van der Waals surface area contributed by atoms with E-state index in [9.17, 15) is 4.39 Å². The molecule has 1 atom stereocenters. The maximum absolute atomic E-state index is 13.2. The topological polar surface area (TPSA) is 55.9 Å². The van der Waals surface area contributed by atoms with Crippen molar-refractivity contribution in [1.29, 1.82) is 0 Å². The number of hydrazine groups is 1. The lowest BCUT2D eigenvalue weighted by molar-refractivity contribution is 0.525. The van der Waals surface area contributed by atoms with E-state index in [0.717, 1.165) is 28.9 Å². The number of hydrogen-bond donors (Lipinski definition) is 2. The third-order valence-electron chi connectivity index (χ3n) is 3.61. The van der Waals surface area contributed by atoms with Crippen LogP contribution in [-0.2, 0) is 19.9 Å². The van der Waals surface area contributed by atoms with Gasteiger partial charge in [0.25, 0.3) is 0 Å². The van der Waals surface area contributed by atoms with Crippen LogP contribution >= 0.6 is 0 Å². The lowest BCUT2D eigenvalue weighted by Gasteiger charge is -2.18. The Hall–Kier alpha value is -1.72. The molecule has 2 rings (SSSR count). The first kappa shape index (κ1) is 14.7. The molecule has 4 nitrogen and oxygen atoms in total. The zero-order valence-corrected chi connectivity index (χ0v) is 12.2. The molecule has 1 aromatic carbocycles. The van der Waals surface area contributed by atoms with Crippen molar-refractivity contribution < 1.29 is 4.39 Å². The van der Waals surface area contributed by atoms with Crippen molar-refractivity contribution >= 4 is 0 Å². The number of halogens is 1. The van der Waals surface area contributed by atoms with E-state index in [4.69, 9.17) is 5.84 Å². The van der Waals surface area contributed by atoms with E-state index < -0.39 is 0 Å². The number of nitrogens with zero attached hydrogens (tertiary/aromatic N) is 2. The summed E-state index contributed by atoms with van der Waals surface area (Å²) in [4.78, 5) is 0. The van der Waals surface area contributed by atoms with E-state index in [1.165, 1.54) is 12.1 Å². The molecular weight excluding hydrogens is 255 g/mol. The summed E-state index contributed by atoms with van der Waals surface area (Å²) >= 11 is 0. The van der Waals surface area contributed by atoms with Crippen molar-refractivity contribution in [2.24, 2.45) is 12.9 Å². The Kier molecular flexibility index (Phi) is 4.52. The van der Waals surface area contributed by atoms with Gasteiger partial charge in [0, 0.05) is 19.2 Å². The number of hydrogen-bond acceptors (Lipinski definition) is 3. The van der Waals surface area contributed by atoms with E-state index >= 15 is 0 Å². The van der Waals surface area contributed by atoms with Gasteiger partial charge in [-0.15, -0.1) is 0 Å². The average Bonchev–Trinajstić information content (AvgIpc) is 2.77. The first-order valence-electron chi connectivity index (χ1n) is 6.79. The quantitative estimate of drug-likeness (QED) is 0.650. The van der Waals surface area contributed by atoms with Crippen molar-refractivity contribution in [1.82, 2.24) is 15.2 Å². The molecule has 0 amide bonds. The minimum Gasteiger partial charge on any atom is -0.272 e. The van der Waals surface area contributed by atoms with Crippen LogP contribution in [0.15, 0.2) is 24.3 Å². The van der Waals surface area contributed by atoms with Crippen LogP contribution in [0.5, 0.6) is 0 Å². The minimum absolute atomic E-state index is 0.0595. The summed E-state index contributed by atoms with van der Waals surface area (Å²) in [5, 5.41) is 4.43. The first-order valence-corrected chi connectivity index (χ1v) is 6.79. The Bertz CT molecular complexity index is 592. The van der Waals surface area contributed by atoms with Crippen molar-refractivity contribution in [3.8, 4) is 0 Å². The van der Waals surface area contributed by atoms with E-state index in [0.29, 0.717) is 6.42 Å². The highest BCUT2D eigenvalue weighted by Gasteiger charge is 2.16. The molecule has 3 N–H and O–H groups in total. The van der Waals surface area contributed by atoms with E-state index in [1.54, 1.807) is 6.07 Å². The van der Waals surface area contributed by atoms with Crippen molar-refractivity contribution in [3.63, 3.8) is 0 Å². The first-order chi connectivity index (χ1) is 9.55. The fourth-order valence-corrected chi connectivity index (χ4v) is 2.43. The number of benzene rings is 1. The molecule has 0 aliphatic rings. The van der Waals surface area contributed by atoms with Gasteiger partial charge in [-0.1, -0.05) is 13.0 Å². The van der Waals surface area contributed by atoms with Crippen LogP contribution in [-0.4, -0.2) is 9.78 Å². The summed E-state index contributed by atoms with van der Waals surface area (Å²) in [5.74, 6) is 5.45. The molecule has 0 fully saturated rings. The van der Waals surface area contributed by atoms with Crippen LogP contribution in [0.1, 0.15) is 35.5 Å². The molecule has 108 valence electrons. The second-order valence-electron chi connectivity index (χ2n) is 5.03. The lowest BCUT2D eigenvalue weighted by Crippen LogP contribution is -2.30. The van der Waals surface area contributed by atoms with Gasteiger partial charge in [0.1, 0.15) is 5.82 Å². The monoisotopic (exact) mass is 276 g/mol. The molecule has 2 aromatic rings. The van der Waals surface area contributed by atoms with Crippen LogP contribution in [0.2, 0.25) is 0 Å². The number of nitrogens with two attached hydrogens (primary N) is 1. The van der Waals surface area contributed by atoms with Crippen LogP contribution in [0.25, 0.3) is 0 Å². The summed E-state index contributed by atoms with van der Waals surface area (Å²) in [6.07, 6.45) is 1.62. The molecule has 1 heterocycles. The van der Waals surface area contributed by atoms with Crippen LogP contribution < -0.4 is 11.3 Å². The van der Waals surface area contributed by atoms with E-state index in [2.05, 4.69) is 23.5 Å². The number of nitrogens with one attached hydrogen (secondary N) is 1. The maximum atomic E-state index is 13.2. The fraction of sp³-hybridized carbons (Fsp3) is 0.400. The van der Waals surface area contributed by atoms with Gasteiger partial charge in [-0.05, 0) is 42.7 Å². The van der Waals surface area contributed by atoms with Gasteiger partial charge in [-0.25, -0.2) is 4.39 Å². The van der Waals surface area contributed by atoms with Gasteiger partial charge < -0.3 is 0 Å². The summed E-state index contributed by atoms with van der Waals surface area (Å²) in [5.41, 5.74) is 6.89. The maximum Gasteiger partial charge on any atom is 0.123 e. The van der Waals surface area contributed by atoms with Crippen LogP contribution in [0, 0.1) is 12.7 Å². The third kappa shape index (κ3) is 3.05. The Balaban J connectivity index is 2.26. The van der Waals surface area contributed by atoms with E-state index in [1.807, 2.05) is 18.7 Å². The number of rotatable bonds is 5. The lowest BCUT2D eigenvalue weighted by atomic mass is 9.97. The molecule has 0 saturated carbocycles. The molecule has 1 unspecified atom stereocenters. The smallest absolute Gasteiger partial charge is 0.123 e. The second-order valence-corrected chi connectivity index (χ2v) is 5.03. The highest BCUT2D eigenvalue weighted by atomic mass is 19.1. The molecule has 0 saturated heterocycles. The molecular formula is C15H21FN4. The Morgan fingerprint density at radius 1 is 1.40 bits per heavy atom. The summed E-state index contributed by atoms with van der Waals surface area (Å²) in [6.45, 7) is 3.97. The number of aryl methyl sites for hydroxylation is 3. The fourth-order valence-electron chi connectivity index (χ4n) is 2.43. The van der Waals surface area contributed by atoms with Crippen LogP contribution in [0.3, 0.4) is 0 Å². The molecule has 0 bridgehead atoms. The predicted molar refractivity (Wildman–Crippen MR) is 77.5 cm³/mol. The van der Waals surface area contributed by atoms with Crippen molar-refractivity contribution in [3.05, 3.63) is 52.6 Å². The zero-order valence-electron chi connectivity index (χ0n) is 12.2. The average molecular weight is 276 g/mol. The van der Waals surface area contributed by atoms with Crippen LogP contribution in [0.4, 0.5) is 4.39 Å². The normalized spacial score (nSPS) is 12.7. The largest absolute Gasteiger partial charge is 0.272 e. The van der Waals surface area contributed by atoms with Crippen molar-refractivity contribution in [2.75, 3.05) is 0 Å². The van der Waals surface area contributed by atoms with Gasteiger partial charge in [0.05, 0.1) is 11.7 Å². The molecule has 5 heteroatoms. The Labute approximate surface area is 118 Å². The molecule has 0 aliphatic heterocycles. The molecule has 1 aromatic heterocycles. The minimum atomic E-state index is -0.226. The van der Waals surface area contributed by atoms with Gasteiger partial charge >= 0.3 is 0 Å². The highest BCUT2D eigenvalue weighted by Crippen LogP contribution is 2.22. The summed E-state index contributed by atoms with van der Waals surface area (Å²) in [7, 11) is 1.93. The second kappa shape index (κ2) is 6.15. The zero-order chi connectivity index (χ0) is 14.7. The Morgan fingerprint density at radius 3 is 2.70 bits per heavy atom. The van der Waals surface area contributed by atoms with Gasteiger partial charge in [0.15, 0.2) is 0 Å². The standard InChI is InChI=1S/C15H21FN4/c1-4-12-8-13(20(3)19-12)9-15(18-17)14-6-5-11(16)7-10(14)2/h5-8,15,18H,4,9,17H2,1-3H3. The van der Waals surface area contributed by atoms with Gasteiger partial charge in [-0.3, -0.25) is 16.0 Å². The molecule has 20 heavy (non-hydrogen) atoms. The molecule has 0 aliphatic carbocycles. The van der Waals surface area contributed by atoms with Gasteiger partial charge in [-0.2, -0.15) is 5.10 Å².